The van der Waals surface area contributed by atoms with E-state index >= 15 is 0 Å². The standard InChI is InChI=1S/C9H6BrNO3/c1-14-9(13)6-2-5(10)3-8(12)7(6)4-11/h2-3,12H,1H3. The number of methoxy groups -OCH3 is 1. The fraction of sp³-hybridized carbons (Fsp3) is 0.111. The van der Waals surface area contributed by atoms with Gasteiger partial charge in [0.05, 0.1) is 12.7 Å². The van der Waals surface area contributed by atoms with Gasteiger partial charge in [-0.25, -0.2) is 4.79 Å². The van der Waals surface area contributed by atoms with Crippen LogP contribution in [0.15, 0.2) is 16.6 Å². The van der Waals surface area contributed by atoms with Gasteiger partial charge in [-0.1, -0.05) is 15.9 Å². The maximum Gasteiger partial charge on any atom is 0.339 e. The van der Waals surface area contributed by atoms with E-state index in [1.165, 1.54) is 19.2 Å². The third-order valence-electron chi connectivity index (χ3n) is 1.60. The zero-order valence-electron chi connectivity index (χ0n) is 7.24. The van der Waals surface area contributed by atoms with Crippen LogP contribution in [0.5, 0.6) is 5.75 Å². The lowest BCUT2D eigenvalue weighted by Crippen LogP contribution is -2.04. The van der Waals surface area contributed by atoms with Gasteiger partial charge in [0, 0.05) is 4.47 Å². The van der Waals surface area contributed by atoms with Crippen molar-refractivity contribution in [3.05, 3.63) is 27.7 Å². The van der Waals surface area contributed by atoms with Crippen LogP contribution >= 0.6 is 15.9 Å². The highest BCUT2D eigenvalue weighted by Gasteiger charge is 2.16. The van der Waals surface area contributed by atoms with Crippen LogP contribution in [0.3, 0.4) is 0 Å². The first-order chi connectivity index (χ1) is 6.60. The molecule has 0 spiro atoms. The average molecular weight is 256 g/mol. The zero-order chi connectivity index (χ0) is 10.7. The molecular formula is C9H6BrNO3. The Bertz CT molecular complexity index is 423. The van der Waals surface area contributed by atoms with Gasteiger partial charge in [-0.2, -0.15) is 5.26 Å². The van der Waals surface area contributed by atoms with Gasteiger partial charge in [-0.05, 0) is 12.1 Å². The van der Waals surface area contributed by atoms with Crippen molar-refractivity contribution in [2.24, 2.45) is 0 Å². The quantitative estimate of drug-likeness (QED) is 0.778. The number of halogens is 1. The maximum atomic E-state index is 11.2. The molecule has 0 amide bonds. The Labute approximate surface area is 88.9 Å². The normalized spacial score (nSPS) is 9.21. The summed E-state index contributed by atoms with van der Waals surface area (Å²) in [5.41, 5.74) is -0.0399. The van der Waals surface area contributed by atoms with Crippen molar-refractivity contribution < 1.29 is 14.6 Å². The molecule has 0 bridgehead atoms. The number of rotatable bonds is 1. The number of benzene rings is 1. The molecule has 1 N–H and O–H groups in total. The Balaban J connectivity index is 3.41. The zero-order valence-corrected chi connectivity index (χ0v) is 8.83. The van der Waals surface area contributed by atoms with E-state index in [9.17, 15) is 9.90 Å². The number of aromatic hydroxyl groups is 1. The molecule has 5 heteroatoms. The molecule has 0 heterocycles. The fourth-order valence-electron chi connectivity index (χ4n) is 0.981. The molecule has 1 rings (SSSR count). The van der Waals surface area contributed by atoms with Gasteiger partial charge in [0.15, 0.2) is 0 Å². The van der Waals surface area contributed by atoms with Crippen molar-refractivity contribution in [1.82, 2.24) is 0 Å². The summed E-state index contributed by atoms with van der Waals surface area (Å²) in [6, 6.07) is 4.49. The molecule has 0 fully saturated rings. The Morgan fingerprint density at radius 1 is 1.64 bits per heavy atom. The van der Waals surface area contributed by atoms with Crippen molar-refractivity contribution in [2.45, 2.75) is 0 Å². The topological polar surface area (TPSA) is 70.3 Å². The predicted molar refractivity (Wildman–Crippen MR) is 51.9 cm³/mol. The summed E-state index contributed by atoms with van der Waals surface area (Å²) in [7, 11) is 1.21. The SMILES string of the molecule is COC(=O)c1cc(Br)cc(O)c1C#N. The lowest BCUT2D eigenvalue weighted by molar-refractivity contribution is 0.0600. The molecular weight excluding hydrogens is 250 g/mol. The van der Waals surface area contributed by atoms with E-state index in [1.54, 1.807) is 6.07 Å². The van der Waals surface area contributed by atoms with Gasteiger partial charge in [0.2, 0.25) is 0 Å². The van der Waals surface area contributed by atoms with Crippen LogP contribution in [0.4, 0.5) is 0 Å². The molecule has 0 aromatic heterocycles. The van der Waals surface area contributed by atoms with E-state index in [1.807, 2.05) is 0 Å². The van der Waals surface area contributed by atoms with Crippen molar-refractivity contribution in [2.75, 3.05) is 7.11 Å². The molecule has 0 radical (unpaired) electrons. The van der Waals surface area contributed by atoms with Crippen LogP contribution in [-0.2, 0) is 4.74 Å². The van der Waals surface area contributed by atoms with Crippen LogP contribution in [0.1, 0.15) is 15.9 Å². The third-order valence-corrected chi connectivity index (χ3v) is 2.06. The Morgan fingerprint density at radius 3 is 2.79 bits per heavy atom. The highest BCUT2D eigenvalue weighted by atomic mass is 79.9. The van der Waals surface area contributed by atoms with E-state index in [-0.39, 0.29) is 16.9 Å². The van der Waals surface area contributed by atoms with Gasteiger partial charge in [0.1, 0.15) is 17.4 Å². The number of carbonyl (C=O) groups is 1. The summed E-state index contributed by atoms with van der Waals surface area (Å²) in [4.78, 5) is 11.2. The average Bonchev–Trinajstić information content (AvgIpc) is 2.15. The highest BCUT2D eigenvalue weighted by Crippen LogP contribution is 2.26. The number of phenolic OH excluding ortho intramolecular Hbond substituents is 1. The lowest BCUT2D eigenvalue weighted by Gasteiger charge is -2.04. The second-order valence-electron chi connectivity index (χ2n) is 2.45. The van der Waals surface area contributed by atoms with Crippen LogP contribution < -0.4 is 0 Å². The minimum absolute atomic E-state index is 0.0434. The summed E-state index contributed by atoms with van der Waals surface area (Å²) in [5.74, 6) is -0.902. The Morgan fingerprint density at radius 2 is 2.29 bits per heavy atom. The van der Waals surface area contributed by atoms with Crippen LogP contribution in [0.2, 0.25) is 0 Å². The lowest BCUT2D eigenvalue weighted by atomic mass is 10.1. The van der Waals surface area contributed by atoms with Gasteiger partial charge in [0.25, 0.3) is 0 Å². The molecule has 0 saturated carbocycles. The van der Waals surface area contributed by atoms with Gasteiger partial charge in [-0.3, -0.25) is 0 Å². The molecule has 72 valence electrons. The minimum atomic E-state index is -0.654. The molecule has 1 aromatic carbocycles. The molecule has 0 aliphatic carbocycles. The van der Waals surface area contributed by atoms with E-state index in [4.69, 9.17) is 5.26 Å². The van der Waals surface area contributed by atoms with Crippen molar-refractivity contribution in [1.29, 1.82) is 5.26 Å². The van der Waals surface area contributed by atoms with Crippen molar-refractivity contribution >= 4 is 21.9 Å². The Hall–Kier alpha value is -1.54. The number of esters is 1. The van der Waals surface area contributed by atoms with Gasteiger partial charge in [-0.15, -0.1) is 0 Å². The summed E-state index contributed by atoms with van der Waals surface area (Å²) < 4.78 is 4.98. The van der Waals surface area contributed by atoms with Crippen LogP contribution in [0.25, 0.3) is 0 Å². The molecule has 0 aliphatic heterocycles. The van der Waals surface area contributed by atoms with E-state index in [0.29, 0.717) is 4.47 Å². The maximum absolute atomic E-state index is 11.2. The number of nitriles is 1. The smallest absolute Gasteiger partial charge is 0.339 e. The van der Waals surface area contributed by atoms with E-state index < -0.39 is 5.97 Å². The van der Waals surface area contributed by atoms with E-state index in [0.717, 1.165) is 0 Å². The third kappa shape index (κ3) is 1.86. The molecule has 4 nitrogen and oxygen atoms in total. The molecule has 0 atom stereocenters. The molecule has 1 aromatic rings. The summed E-state index contributed by atoms with van der Waals surface area (Å²) in [6.07, 6.45) is 0. The van der Waals surface area contributed by atoms with Crippen molar-refractivity contribution in [3.8, 4) is 11.8 Å². The monoisotopic (exact) mass is 255 g/mol. The fourth-order valence-corrected chi connectivity index (χ4v) is 1.43. The van der Waals surface area contributed by atoms with Gasteiger partial charge < -0.3 is 9.84 Å². The predicted octanol–water partition coefficient (Wildman–Crippen LogP) is 1.81. The number of hydrogen-bond donors (Lipinski definition) is 1. The summed E-state index contributed by atoms with van der Waals surface area (Å²) in [6.45, 7) is 0. The summed E-state index contributed by atoms with van der Waals surface area (Å²) in [5, 5.41) is 18.1. The second-order valence-corrected chi connectivity index (χ2v) is 3.37. The summed E-state index contributed by atoms with van der Waals surface area (Å²) >= 11 is 3.10. The number of phenols is 1. The largest absolute Gasteiger partial charge is 0.507 e. The first-order valence-electron chi connectivity index (χ1n) is 3.61. The molecule has 0 unspecified atom stereocenters. The molecule has 14 heavy (non-hydrogen) atoms. The van der Waals surface area contributed by atoms with Crippen LogP contribution in [-0.4, -0.2) is 18.2 Å². The minimum Gasteiger partial charge on any atom is -0.507 e. The van der Waals surface area contributed by atoms with Gasteiger partial charge >= 0.3 is 5.97 Å². The second kappa shape index (κ2) is 4.11. The number of carbonyl (C=O) groups excluding carboxylic acids is 1. The first kappa shape index (κ1) is 10.5. The number of ether oxygens (including phenoxy) is 1. The van der Waals surface area contributed by atoms with Crippen LogP contribution in [0, 0.1) is 11.3 Å². The number of hydrogen-bond acceptors (Lipinski definition) is 4. The first-order valence-corrected chi connectivity index (χ1v) is 4.40. The number of nitrogens with zero attached hydrogens (tertiary/aromatic N) is 1. The highest BCUT2D eigenvalue weighted by molar-refractivity contribution is 9.10. The Kier molecular flexibility index (Phi) is 3.10. The molecule has 0 saturated heterocycles. The van der Waals surface area contributed by atoms with Crippen molar-refractivity contribution in [3.63, 3.8) is 0 Å². The van der Waals surface area contributed by atoms with E-state index in [2.05, 4.69) is 20.7 Å². The molecule has 0 aliphatic rings.